The number of nitrogens with zero attached hydrogens (tertiary/aromatic N) is 4. The second-order valence-corrected chi connectivity index (χ2v) is 9.24. The molecular weight excluding hydrogens is 443 g/mol. The van der Waals surface area contributed by atoms with Gasteiger partial charge in [-0.1, -0.05) is 12.1 Å². The Bertz CT molecular complexity index is 1390. The van der Waals surface area contributed by atoms with E-state index in [1.807, 2.05) is 30.0 Å². The summed E-state index contributed by atoms with van der Waals surface area (Å²) in [7, 11) is 0. The van der Waals surface area contributed by atoms with E-state index in [9.17, 15) is 14.7 Å². The molecule has 1 saturated heterocycles. The van der Waals surface area contributed by atoms with Crippen molar-refractivity contribution in [1.29, 1.82) is 0 Å². The first kappa shape index (κ1) is 21.5. The molecule has 7 nitrogen and oxygen atoms in total. The highest BCUT2D eigenvalue weighted by atomic mass is 32.1. The fourth-order valence-corrected chi connectivity index (χ4v) is 5.39. The molecule has 3 heterocycles. The van der Waals surface area contributed by atoms with Gasteiger partial charge in [0.1, 0.15) is 16.4 Å². The average molecular weight is 467 g/mol. The summed E-state index contributed by atoms with van der Waals surface area (Å²) in [5, 5.41) is 10.5. The minimum absolute atomic E-state index is 0.0903. The van der Waals surface area contributed by atoms with Gasteiger partial charge in [0.05, 0.1) is 28.0 Å². The molecule has 1 aliphatic rings. The molecule has 9 heteroatoms. The molecule has 0 bridgehead atoms. The summed E-state index contributed by atoms with van der Waals surface area (Å²) in [5.41, 5.74) is 0.989. The van der Waals surface area contributed by atoms with Crippen molar-refractivity contribution in [2.24, 2.45) is 0 Å². The average Bonchev–Trinajstić information content (AvgIpc) is 3.22. The maximum atomic E-state index is 15.1. The number of benzene rings is 2. The minimum atomic E-state index is -1.31. The zero-order valence-corrected chi connectivity index (χ0v) is 18.9. The lowest BCUT2D eigenvalue weighted by Crippen LogP contribution is -2.46. The maximum absolute atomic E-state index is 15.1. The number of aryl methyl sites for hydroxylation is 1. The van der Waals surface area contributed by atoms with E-state index in [1.54, 1.807) is 22.0 Å². The Morgan fingerprint density at radius 3 is 2.64 bits per heavy atom. The lowest BCUT2D eigenvalue weighted by atomic mass is 10.1. The normalized spacial score (nSPS) is 14.9. The summed E-state index contributed by atoms with van der Waals surface area (Å²) in [4.78, 5) is 33.0. The van der Waals surface area contributed by atoms with Gasteiger partial charge in [-0.15, -0.1) is 11.3 Å². The molecule has 0 atom stereocenters. The predicted molar refractivity (Wildman–Crippen MR) is 128 cm³/mol. The topological polar surface area (TPSA) is 78.7 Å². The first-order valence-electron chi connectivity index (χ1n) is 10.9. The number of pyridine rings is 1. The Hall–Kier alpha value is -3.30. The molecule has 1 aliphatic heterocycles. The molecule has 4 aromatic rings. The van der Waals surface area contributed by atoms with Crippen molar-refractivity contribution in [2.75, 3.05) is 31.1 Å². The van der Waals surface area contributed by atoms with Crippen LogP contribution in [0.2, 0.25) is 0 Å². The third-order valence-electron chi connectivity index (χ3n) is 6.13. The van der Waals surface area contributed by atoms with Crippen LogP contribution >= 0.6 is 11.3 Å². The summed E-state index contributed by atoms with van der Waals surface area (Å²) in [6.07, 6.45) is 1.34. The van der Waals surface area contributed by atoms with E-state index in [0.717, 1.165) is 30.2 Å². The number of anilines is 1. The molecule has 170 valence electrons. The van der Waals surface area contributed by atoms with Gasteiger partial charge in [0, 0.05) is 44.3 Å². The highest BCUT2D eigenvalue weighted by Gasteiger charge is 2.23. The summed E-state index contributed by atoms with van der Waals surface area (Å²) in [5.74, 6) is -1.82. The molecule has 0 saturated carbocycles. The number of fused-ring (bicyclic) bond motifs is 2. The van der Waals surface area contributed by atoms with Crippen LogP contribution < -0.4 is 10.3 Å². The predicted octanol–water partition coefficient (Wildman–Crippen LogP) is 3.79. The van der Waals surface area contributed by atoms with E-state index in [2.05, 4.69) is 11.0 Å². The molecule has 1 fully saturated rings. The van der Waals surface area contributed by atoms with Gasteiger partial charge in [-0.25, -0.2) is 14.2 Å². The van der Waals surface area contributed by atoms with Gasteiger partial charge < -0.3 is 14.6 Å². The zero-order chi connectivity index (χ0) is 23.1. The Labute approximate surface area is 193 Å². The van der Waals surface area contributed by atoms with Gasteiger partial charge in [0.15, 0.2) is 0 Å². The van der Waals surface area contributed by atoms with Crippen molar-refractivity contribution in [3.63, 3.8) is 0 Å². The summed E-state index contributed by atoms with van der Waals surface area (Å²) in [6.45, 7) is 5.93. The van der Waals surface area contributed by atoms with E-state index in [4.69, 9.17) is 4.98 Å². The fraction of sp³-hybridized carbons (Fsp3) is 0.292. The number of para-hydroxylation sites is 1. The largest absolute Gasteiger partial charge is 0.477 e. The van der Waals surface area contributed by atoms with Gasteiger partial charge in [0.25, 0.3) is 0 Å². The van der Waals surface area contributed by atoms with Crippen LogP contribution in [0.25, 0.3) is 21.1 Å². The Morgan fingerprint density at radius 2 is 1.94 bits per heavy atom. The molecule has 0 radical (unpaired) electrons. The van der Waals surface area contributed by atoms with Crippen LogP contribution in [0.15, 0.2) is 47.4 Å². The van der Waals surface area contributed by atoms with Crippen molar-refractivity contribution < 1.29 is 14.3 Å². The van der Waals surface area contributed by atoms with Gasteiger partial charge in [-0.2, -0.15) is 0 Å². The van der Waals surface area contributed by atoms with Crippen LogP contribution in [0.4, 0.5) is 10.1 Å². The standard InChI is InChI=1S/C24H23FN4O3S/c1-2-28-13-16(24(31)32)23(30)15-11-17(25)20(12-19(15)28)29-9-7-27(8-10-29)14-22-26-18-5-3-4-6-21(18)33-22/h3-6,11-13H,2,7-10,14H2,1H3,(H,31,32). The number of rotatable bonds is 5. The number of aromatic nitrogens is 2. The van der Waals surface area contributed by atoms with Crippen molar-refractivity contribution in [3.05, 3.63) is 69.2 Å². The van der Waals surface area contributed by atoms with E-state index in [0.29, 0.717) is 30.8 Å². The van der Waals surface area contributed by atoms with Gasteiger partial charge >= 0.3 is 5.97 Å². The number of carbonyl (C=O) groups is 1. The highest BCUT2D eigenvalue weighted by molar-refractivity contribution is 7.18. The second-order valence-electron chi connectivity index (χ2n) is 8.12. The second kappa shape index (κ2) is 8.57. The number of hydrogen-bond donors (Lipinski definition) is 1. The molecule has 2 aromatic carbocycles. The summed E-state index contributed by atoms with van der Waals surface area (Å²) >= 11 is 1.70. The maximum Gasteiger partial charge on any atom is 0.341 e. The van der Waals surface area contributed by atoms with Crippen molar-refractivity contribution in [1.82, 2.24) is 14.5 Å². The van der Waals surface area contributed by atoms with Gasteiger partial charge in [-0.05, 0) is 31.2 Å². The number of carboxylic acid groups (broad SMARTS) is 1. The lowest BCUT2D eigenvalue weighted by Gasteiger charge is -2.36. The summed E-state index contributed by atoms with van der Waals surface area (Å²) in [6, 6.07) is 11.0. The summed E-state index contributed by atoms with van der Waals surface area (Å²) < 4.78 is 17.9. The van der Waals surface area contributed by atoms with Gasteiger partial charge in [-0.3, -0.25) is 9.69 Å². The first-order chi connectivity index (χ1) is 15.9. The van der Waals surface area contributed by atoms with Crippen LogP contribution in [-0.4, -0.2) is 51.7 Å². The van der Waals surface area contributed by atoms with E-state index in [-0.39, 0.29) is 10.9 Å². The Kier molecular flexibility index (Phi) is 5.59. The zero-order valence-electron chi connectivity index (χ0n) is 18.1. The molecule has 33 heavy (non-hydrogen) atoms. The Morgan fingerprint density at radius 1 is 1.18 bits per heavy atom. The molecule has 0 amide bonds. The number of aromatic carboxylic acids is 1. The van der Waals surface area contributed by atoms with Crippen molar-refractivity contribution >= 4 is 44.1 Å². The number of halogens is 1. The smallest absolute Gasteiger partial charge is 0.341 e. The van der Waals surface area contributed by atoms with Gasteiger partial charge in [0.2, 0.25) is 5.43 Å². The monoisotopic (exact) mass is 466 g/mol. The third-order valence-corrected chi connectivity index (χ3v) is 7.15. The quantitative estimate of drug-likeness (QED) is 0.482. The van der Waals surface area contributed by atoms with E-state index < -0.39 is 17.2 Å². The lowest BCUT2D eigenvalue weighted by molar-refractivity contribution is 0.0695. The number of piperazine rings is 1. The number of thiazole rings is 1. The van der Waals surface area contributed by atoms with Crippen molar-refractivity contribution in [2.45, 2.75) is 20.0 Å². The van der Waals surface area contributed by atoms with E-state index >= 15 is 4.39 Å². The van der Waals surface area contributed by atoms with Crippen LogP contribution in [0.1, 0.15) is 22.3 Å². The number of hydrogen-bond acceptors (Lipinski definition) is 6. The SMILES string of the molecule is CCn1cc(C(=O)O)c(=O)c2cc(F)c(N3CCN(Cc4nc5ccccc5s4)CC3)cc21. The molecule has 1 N–H and O–H groups in total. The molecule has 0 aliphatic carbocycles. The molecule has 0 spiro atoms. The van der Waals surface area contributed by atoms with Crippen LogP contribution in [-0.2, 0) is 13.1 Å². The highest BCUT2D eigenvalue weighted by Crippen LogP contribution is 2.27. The van der Waals surface area contributed by atoms with Crippen LogP contribution in [0.5, 0.6) is 0 Å². The van der Waals surface area contributed by atoms with Crippen LogP contribution in [0, 0.1) is 5.82 Å². The number of carboxylic acids is 1. The molecule has 5 rings (SSSR count). The van der Waals surface area contributed by atoms with Crippen molar-refractivity contribution in [3.8, 4) is 0 Å². The third kappa shape index (κ3) is 3.98. The minimum Gasteiger partial charge on any atom is -0.477 e. The van der Waals surface area contributed by atoms with E-state index in [1.165, 1.54) is 17.0 Å². The first-order valence-corrected chi connectivity index (χ1v) is 11.7. The molecular formula is C24H23FN4O3S. The van der Waals surface area contributed by atoms with Crippen LogP contribution in [0.3, 0.4) is 0 Å². The fourth-order valence-electron chi connectivity index (χ4n) is 4.38. The molecule has 0 unspecified atom stereocenters. The Balaban J connectivity index is 1.37. The molecule has 2 aromatic heterocycles.